The number of anilines is 1. The highest BCUT2D eigenvalue weighted by Gasteiger charge is 2.43. The fraction of sp³-hybridized carbons (Fsp3) is 0.500. The lowest BCUT2D eigenvalue weighted by molar-refractivity contribution is 0.0113. The third-order valence-corrected chi connectivity index (χ3v) is 4.80. The smallest absolute Gasteiger partial charge is 0.280 e. The van der Waals surface area contributed by atoms with Crippen molar-refractivity contribution in [2.75, 3.05) is 12.3 Å². The first-order valence-electron chi connectivity index (χ1n) is 5.87. The van der Waals surface area contributed by atoms with Crippen LogP contribution in [0.2, 0.25) is 0 Å². The monoisotopic (exact) mass is 299 g/mol. The van der Waals surface area contributed by atoms with Gasteiger partial charge in [-0.1, -0.05) is 0 Å². The predicted octanol–water partition coefficient (Wildman–Crippen LogP) is -1.97. The van der Waals surface area contributed by atoms with Crippen molar-refractivity contribution in [2.45, 2.75) is 22.8 Å². The van der Waals surface area contributed by atoms with E-state index >= 15 is 0 Å². The van der Waals surface area contributed by atoms with Gasteiger partial charge in [-0.15, -0.1) is 11.8 Å². The van der Waals surface area contributed by atoms with Gasteiger partial charge in [0, 0.05) is 0 Å². The lowest BCUT2D eigenvalue weighted by Crippen LogP contribution is -2.32. The number of hydrogen-bond donors (Lipinski definition) is 5. The van der Waals surface area contributed by atoms with Crippen molar-refractivity contribution in [3.05, 3.63) is 16.7 Å². The summed E-state index contributed by atoms with van der Waals surface area (Å²) in [6.45, 7) is -0.262. The highest BCUT2D eigenvalue weighted by atomic mass is 32.2. The van der Waals surface area contributed by atoms with Crippen LogP contribution in [0.1, 0.15) is 5.37 Å². The van der Waals surface area contributed by atoms with E-state index in [4.69, 9.17) is 10.8 Å². The Morgan fingerprint density at radius 1 is 1.45 bits per heavy atom. The number of nitrogens with one attached hydrogen (secondary N) is 1. The molecular weight excluding hydrogens is 286 g/mol. The van der Waals surface area contributed by atoms with E-state index in [9.17, 15) is 15.0 Å². The highest BCUT2D eigenvalue weighted by Crippen LogP contribution is 2.42. The Hall–Kier alpha value is -1.62. The molecule has 1 fully saturated rings. The lowest BCUT2D eigenvalue weighted by Gasteiger charge is -2.16. The maximum Gasteiger partial charge on any atom is 0.280 e. The van der Waals surface area contributed by atoms with Crippen LogP contribution in [-0.2, 0) is 0 Å². The van der Waals surface area contributed by atoms with Crippen molar-refractivity contribution in [1.82, 2.24) is 19.5 Å². The topological polar surface area (TPSA) is 150 Å². The zero-order valence-corrected chi connectivity index (χ0v) is 11.0. The second kappa shape index (κ2) is 4.74. The van der Waals surface area contributed by atoms with Crippen molar-refractivity contribution >= 4 is 28.9 Å². The standard InChI is InChI=1S/C10H13N5O4S/c11-10-13-7-4(8(19)14-10)12-2-15(7)9-6(18)5(17)3(1-16)20-9/h2-3,5-6,9,16-18H,1H2,(H3,11,13,14,19)/t3-,5?,6?,9+/m1/s1. The summed E-state index contributed by atoms with van der Waals surface area (Å²) in [5.41, 5.74) is 5.37. The number of aliphatic hydroxyl groups is 3. The largest absolute Gasteiger partial charge is 0.395 e. The molecule has 9 nitrogen and oxygen atoms in total. The molecule has 3 heterocycles. The second-order valence-electron chi connectivity index (χ2n) is 4.50. The van der Waals surface area contributed by atoms with Gasteiger partial charge in [0.2, 0.25) is 5.95 Å². The van der Waals surface area contributed by atoms with Gasteiger partial charge < -0.3 is 21.1 Å². The van der Waals surface area contributed by atoms with E-state index in [2.05, 4.69) is 15.0 Å². The summed E-state index contributed by atoms with van der Waals surface area (Å²) in [5.74, 6) is -0.0546. The van der Waals surface area contributed by atoms with Gasteiger partial charge in [0.05, 0.1) is 24.3 Å². The van der Waals surface area contributed by atoms with E-state index in [1.165, 1.54) is 22.7 Å². The van der Waals surface area contributed by atoms with Crippen molar-refractivity contribution in [3.8, 4) is 0 Å². The van der Waals surface area contributed by atoms with Crippen LogP contribution in [0, 0.1) is 0 Å². The van der Waals surface area contributed by atoms with Crippen LogP contribution < -0.4 is 11.3 Å². The molecule has 1 aliphatic heterocycles. The van der Waals surface area contributed by atoms with E-state index < -0.39 is 28.4 Å². The Morgan fingerprint density at radius 3 is 2.85 bits per heavy atom. The number of nitrogens with two attached hydrogens (primary N) is 1. The van der Waals surface area contributed by atoms with Gasteiger partial charge in [-0.2, -0.15) is 4.98 Å². The highest BCUT2D eigenvalue weighted by molar-refractivity contribution is 8.00. The minimum absolute atomic E-state index is 0.0546. The molecule has 0 saturated carbocycles. The van der Waals surface area contributed by atoms with Crippen LogP contribution in [0.5, 0.6) is 0 Å². The SMILES string of the molecule is Nc1nc2c(ncn2[C@H]2S[C@H](CO)C(O)C2O)c(=O)[nH]1. The number of fused-ring (bicyclic) bond motifs is 1. The first-order valence-corrected chi connectivity index (χ1v) is 6.82. The number of rotatable bonds is 2. The quantitative estimate of drug-likeness (QED) is 0.428. The van der Waals surface area contributed by atoms with E-state index in [0.717, 1.165) is 0 Å². The normalized spacial score (nSPS) is 30.1. The zero-order chi connectivity index (χ0) is 14.4. The molecule has 0 spiro atoms. The van der Waals surface area contributed by atoms with E-state index in [-0.39, 0.29) is 23.7 Å². The number of aromatic nitrogens is 4. The van der Waals surface area contributed by atoms with Gasteiger partial charge in [0.15, 0.2) is 11.2 Å². The first-order chi connectivity index (χ1) is 9.52. The number of aromatic amines is 1. The minimum atomic E-state index is -1.10. The first kappa shape index (κ1) is 13.4. The van der Waals surface area contributed by atoms with Crippen molar-refractivity contribution in [2.24, 2.45) is 0 Å². The number of H-pyrrole nitrogens is 1. The average Bonchev–Trinajstić information content (AvgIpc) is 2.93. The number of imidazole rings is 1. The van der Waals surface area contributed by atoms with Crippen molar-refractivity contribution in [3.63, 3.8) is 0 Å². The molecule has 1 aliphatic rings. The molecule has 20 heavy (non-hydrogen) atoms. The lowest BCUT2D eigenvalue weighted by atomic mass is 10.1. The van der Waals surface area contributed by atoms with Gasteiger partial charge in [-0.05, 0) is 0 Å². The number of thioether (sulfide) groups is 1. The van der Waals surface area contributed by atoms with Gasteiger partial charge in [-0.3, -0.25) is 14.3 Å². The summed E-state index contributed by atoms with van der Waals surface area (Å²) >= 11 is 1.19. The number of hydrogen-bond acceptors (Lipinski definition) is 8. The summed E-state index contributed by atoms with van der Waals surface area (Å²) in [5, 5.41) is 27.9. The Bertz CT molecular complexity index is 701. The predicted molar refractivity (Wildman–Crippen MR) is 72.1 cm³/mol. The van der Waals surface area contributed by atoms with Crippen LogP contribution in [0.25, 0.3) is 11.2 Å². The van der Waals surface area contributed by atoms with E-state index in [1.807, 2.05) is 0 Å². The number of nitrogen functional groups attached to an aromatic ring is 1. The summed E-state index contributed by atoms with van der Waals surface area (Å²) in [7, 11) is 0. The zero-order valence-electron chi connectivity index (χ0n) is 10.2. The Kier molecular flexibility index (Phi) is 3.17. The van der Waals surface area contributed by atoms with Crippen LogP contribution in [0.4, 0.5) is 5.95 Å². The molecule has 0 bridgehead atoms. The molecule has 4 atom stereocenters. The molecule has 10 heteroatoms. The maximum atomic E-state index is 11.7. The molecule has 0 aliphatic carbocycles. The molecule has 108 valence electrons. The number of aliphatic hydroxyl groups excluding tert-OH is 3. The number of nitrogens with zero attached hydrogens (tertiary/aromatic N) is 3. The molecular formula is C10H13N5O4S. The van der Waals surface area contributed by atoms with Crippen molar-refractivity contribution < 1.29 is 15.3 Å². The molecule has 0 radical (unpaired) electrons. The summed E-state index contributed by atoms with van der Waals surface area (Å²) in [6.07, 6.45) is -0.802. The van der Waals surface area contributed by atoms with Gasteiger partial charge in [-0.25, -0.2) is 4.98 Å². The fourth-order valence-corrected chi connectivity index (χ4v) is 3.61. The van der Waals surface area contributed by atoms with Crippen LogP contribution >= 0.6 is 11.8 Å². The fourth-order valence-electron chi connectivity index (χ4n) is 2.24. The molecule has 3 rings (SSSR count). The van der Waals surface area contributed by atoms with Gasteiger partial charge in [0.25, 0.3) is 5.56 Å². The minimum Gasteiger partial charge on any atom is -0.395 e. The molecule has 6 N–H and O–H groups in total. The molecule has 2 aromatic heterocycles. The average molecular weight is 299 g/mol. The Morgan fingerprint density at radius 2 is 2.20 bits per heavy atom. The summed E-state index contributed by atoms with van der Waals surface area (Å²) in [6, 6.07) is 0. The van der Waals surface area contributed by atoms with Crippen LogP contribution in [0.15, 0.2) is 11.1 Å². The molecule has 2 unspecified atom stereocenters. The molecule has 2 aromatic rings. The van der Waals surface area contributed by atoms with E-state index in [1.54, 1.807) is 0 Å². The maximum absolute atomic E-state index is 11.7. The third kappa shape index (κ3) is 1.88. The molecule has 0 aromatic carbocycles. The molecule has 1 saturated heterocycles. The Labute approximate surface area is 116 Å². The molecule has 0 amide bonds. The second-order valence-corrected chi connectivity index (χ2v) is 5.86. The summed E-state index contributed by atoms with van der Waals surface area (Å²) in [4.78, 5) is 22.0. The van der Waals surface area contributed by atoms with E-state index in [0.29, 0.717) is 0 Å². The van der Waals surface area contributed by atoms with Crippen molar-refractivity contribution in [1.29, 1.82) is 0 Å². The van der Waals surface area contributed by atoms with Crippen LogP contribution in [0.3, 0.4) is 0 Å². The Balaban J connectivity index is 2.09. The van der Waals surface area contributed by atoms with Gasteiger partial charge in [0.1, 0.15) is 11.5 Å². The van der Waals surface area contributed by atoms with Gasteiger partial charge >= 0.3 is 0 Å². The van der Waals surface area contributed by atoms with Crippen LogP contribution in [-0.4, -0.2) is 58.9 Å². The third-order valence-electron chi connectivity index (χ3n) is 3.24. The summed E-state index contributed by atoms with van der Waals surface area (Å²) < 4.78 is 1.48.